The second kappa shape index (κ2) is 10.3. The number of esters is 1. The van der Waals surface area contributed by atoms with Gasteiger partial charge in [-0.2, -0.15) is 0 Å². The molecule has 0 saturated heterocycles. The molecule has 0 aromatic heterocycles. The highest BCUT2D eigenvalue weighted by atomic mass is 32.2. The average Bonchev–Trinajstić information content (AvgIpc) is 2.82. The number of nitrogens with one attached hydrogen (secondary N) is 1. The lowest BCUT2D eigenvalue weighted by atomic mass is 10.1. The van der Waals surface area contributed by atoms with E-state index in [9.17, 15) is 21.6 Å². The first-order chi connectivity index (χ1) is 15.6. The summed E-state index contributed by atoms with van der Waals surface area (Å²) in [7, 11) is -4.61. The smallest absolute Gasteiger partial charge is 0.338 e. The molecule has 1 unspecified atom stereocenters. The van der Waals surface area contributed by atoms with E-state index in [4.69, 9.17) is 4.74 Å². The van der Waals surface area contributed by atoms with E-state index in [1.807, 2.05) is 0 Å². The molecule has 0 saturated carbocycles. The molecule has 1 N–H and O–H groups in total. The van der Waals surface area contributed by atoms with Gasteiger partial charge in [-0.15, -0.1) is 0 Å². The van der Waals surface area contributed by atoms with E-state index in [2.05, 4.69) is 4.72 Å². The van der Waals surface area contributed by atoms with Gasteiger partial charge in [-0.1, -0.05) is 48.5 Å². The fourth-order valence-corrected chi connectivity index (χ4v) is 4.89. The van der Waals surface area contributed by atoms with Gasteiger partial charge in [0.05, 0.1) is 21.9 Å². The lowest BCUT2D eigenvalue weighted by molar-refractivity contribution is 0.0308. The van der Waals surface area contributed by atoms with Crippen LogP contribution in [0.15, 0.2) is 94.7 Å². The van der Waals surface area contributed by atoms with E-state index in [-0.39, 0.29) is 21.9 Å². The largest absolute Gasteiger partial charge is 0.452 e. The van der Waals surface area contributed by atoms with Crippen LogP contribution in [0.5, 0.6) is 0 Å². The van der Waals surface area contributed by atoms with Crippen molar-refractivity contribution in [3.8, 4) is 0 Å². The summed E-state index contributed by atoms with van der Waals surface area (Å²) in [5.74, 6) is -0.712. The molecule has 0 spiro atoms. The molecule has 0 aliphatic carbocycles. The molecule has 10 heteroatoms. The summed E-state index contributed by atoms with van der Waals surface area (Å²) >= 11 is 0. The molecule has 1 atom stereocenters. The highest BCUT2D eigenvalue weighted by Crippen LogP contribution is 2.21. The lowest BCUT2D eigenvalue weighted by Gasteiger charge is -2.19. The van der Waals surface area contributed by atoms with Gasteiger partial charge in [-0.3, -0.25) is 0 Å². The maximum absolute atomic E-state index is 12.8. The molecule has 0 aliphatic heterocycles. The normalized spacial score (nSPS) is 12.9. The van der Waals surface area contributed by atoms with Crippen LogP contribution in [0, 0.1) is 0 Å². The molecule has 0 bridgehead atoms. The van der Waals surface area contributed by atoms with Crippen molar-refractivity contribution in [2.24, 2.45) is 0 Å². The molecule has 33 heavy (non-hydrogen) atoms. The number of ether oxygens (including phenoxy) is 1. The second-order valence-electron chi connectivity index (χ2n) is 7.28. The van der Waals surface area contributed by atoms with Crippen molar-refractivity contribution in [3.63, 3.8) is 0 Å². The van der Waals surface area contributed by atoms with E-state index >= 15 is 0 Å². The fraction of sp³-hybridized carbons (Fsp3) is 0.174. The zero-order valence-corrected chi connectivity index (χ0v) is 19.7. The summed E-state index contributed by atoms with van der Waals surface area (Å²) in [5, 5.41) is 0. The quantitative estimate of drug-likeness (QED) is 0.464. The van der Waals surface area contributed by atoms with E-state index in [1.165, 1.54) is 50.5 Å². The van der Waals surface area contributed by atoms with Crippen molar-refractivity contribution >= 4 is 26.0 Å². The predicted octanol–water partition coefficient (Wildman–Crippen LogP) is 2.81. The summed E-state index contributed by atoms with van der Waals surface area (Å²) in [5.41, 5.74) is 0.743. The summed E-state index contributed by atoms with van der Waals surface area (Å²) in [6.45, 7) is -0.180. The third-order valence-corrected chi connectivity index (χ3v) is 8.07. The molecule has 3 aromatic rings. The summed E-state index contributed by atoms with van der Waals surface area (Å²) < 4.78 is 58.8. The van der Waals surface area contributed by atoms with Gasteiger partial charge in [0.15, 0.2) is 0 Å². The summed E-state index contributed by atoms with van der Waals surface area (Å²) in [4.78, 5) is 12.9. The molecule has 0 radical (unpaired) electrons. The van der Waals surface area contributed by atoms with Gasteiger partial charge in [-0.25, -0.2) is 30.7 Å². The minimum Gasteiger partial charge on any atom is -0.452 e. The first-order valence-electron chi connectivity index (χ1n) is 9.94. The van der Waals surface area contributed by atoms with Gasteiger partial charge in [0.25, 0.3) is 0 Å². The highest BCUT2D eigenvalue weighted by Gasteiger charge is 2.23. The third-order valence-electron chi connectivity index (χ3n) is 4.80. The minimum atomic E-state index is -3.81. The monoisotopic (exact) mass is 488 g/mol. The number of nitrogens with zero attached hydrogens (tertiary/aromatic N) is 1. The Morgan fingerprint density at radius 3 is 1.91 bits per heavy atom. The molecule has 174 valence electrons. The predicted molar refractivity (Wildman–Crippen MR) is 124 cm³/mol. The van der Waals surface area contributed by atoms with Gasteiger partial charge in [-0.05, 0) is 42.0 Å². The summed E-state index contributed by atoms with van der Waals surface area (Å²) in [6.07, 6.45) is -0.901. The number of sulfonamides is 2. The number of hydrogen-bond donors (Lipinski definition) is 1. The van der Waals surface area contributed by atoms with Crippen LogP contribution < -0.4 is 4.72 Å². The van der Waals surface area contributed by atoms with Crippen LogP contribution >= 0.6 is 0 Å². The van der Waals surface area contributed by atoms with E-state index in [0.29, 0.717) is 5.56 Å². The van der Waals surface area contributed by atoms with Crippen molar-refractivity contribution in [1.29, 1.82) is 0 Å². The molecule has 0 amide bonds. The van der Waals surface area contributed by atoms with Crippen LogP contribution in [0.2, 0.25) is 0 Å². The standard InChI is InChI=1S/C23H24N2O6S2/c1-25(2)33(29,30)21-15-13-19(14-16-21)23(26)31-22(18-9-5-3-6-10-18)17-24-32(27,28)20-11-7-4-8-12-20/h3-16,22,24H,17H2,1-2H3. The maximum atomic E-state index is 12.8. The van der Waals surface area contributed by atoms with Crippen LogP contribution in [-0.2, 0) is 24.8 Å². The first kappa shape index (κ1) is 24.6. The van der Waals surface area contributed by atoms with Gasteiger partial charge >= 0.3 is 5.97 Å². The van der Waals surface area contributed by atoms with E-state index in [0.717, 1.165) is 4.31 Å². The SMILES string of the molecule is CN(C)S(=O)(=O)c1ccc(C(=O)OC(CNS(=O)(=O)c2ccccc2)c2ccccc2)cc1. The molecule has 3 aromatic carbocycles. The van der Waals surface area contributed by atoms with Crippen LogP contribution in [0.3, 0.4) is 0 Å². The lowest BCUT2D eigenvalue weighted by Crippen LogP contribution is -2.30. The molecule has 0 heterocycles. The molecular formula is C23H24N2O6S2. The van der Waals surface area contributed by atoms with Gasteiger partial charge < -0.3 is 4.74 Å². The van der Waals surface area contributed by atoms with Gasteiger partial charge in [0.2, 0.25) is 20.0 Å². The Kier molecular flexibility index (Phi) is 7.65. The van der Waals surface area contributed by atoms with Crippen LogP contribution in [-0.4, -0.2) is 47.8 Å². The number of carbonyl (C=O) groups excluding carboxylic acids is 1. The van der Waals surface area contributed by atoms with E-state index < -0.39 is 32.1 Å². The van der Waals surface area contributed by atoms with Crippen molar-refractivity contribution in [1.82, 2.24) is 9.03 Å². The Labute approximate surface area is 193 Å². The van der Waals surface area contributed by atoms with Crippen LogP contribution in [0.1, 0.15) is 22.0 Å². The maximum Gasteiger partial charge on any atom is 0.338 e. The van der Waals surface area contributed by atoms with Crippen LogP contribution in [0.25, 0.3) is 0 Å². The van der Waals surface area contributed by atoms with Crippen molar-refractivity contribution < 1.29 is 26.4 Å². The van der Waals surface area contributed by atoms with Crippen molar-refractivity contribution in [2.45, 2.75) is 15.9 Å². The molecule has 8 nitrogen and oxygen atoms in total. The Hall–Kier alpha value is -3.05. The Bertz CT molecular complexity index is 1290. The number of carbonyl (C=O) groups is 1. The van der Waals surface area contributed by atoms with Crippen molar-refractivity contribution in [3.05, 3.63) is 96.1 Å². The third kappa shape index (κ3) is 6.05. The highest BCUT2D eigenvalue weighted by molar-refractivity contribution is 7.89. The van der Waals surface area contributed by atoms with Gasteiger partial charge in [0, 0.05) is 14.1 Å². The Balaban J connectivity index is 1.79. The zero-order chi connectivity index (χ0) is 24.1. The molecular weight excluding hydrogens is 464 g/mol. The van der Waals surface area contributed by atoms with Crippen LogP contribution in [0.4, 0.5) is 0 Å². The zero-order valence-electron chi connectivity index (χ0n) is 18.1. The Morgan fingerprint density at radius 1 is 0.818 bits per heavy atom. The number of hydrogen-bond acceptors (Lipinski definition) is 6. The number of rotatable bonds is 9. The molecule has 3 rings (SSSR count). The average molecular weight is 489 g/mol. The molecule has 0 aliphatic rings. The topological polar surface area (TPSA) is 110 Å². The Morgan fingerprint density at radius 2 is 1.36 bits per heavy atom. The summed E-state index contributed by atoms with van der Waals surface area (Å²) in [6, 6.07) is 22.0. The fourth-order valence-electron chi connectivity index (χ4n) is 2.93. The van der Waals surface area contributed by atoms with Crippen molar-refractivity contribution in [2.75, 3.05) is 20.6 Å². The minimum absolute atomic E-state index is 0.0410. The molecule has 0 fully saturated rings. The van der Waals surface area contributed by atoms with E-state index in [1.54, 1.807) is 48.5 Å². The number of benzene rings is 3. The van der Waals surface area contributed by atoms with Gasteiger partial charge in [0.1, 0.15) is 6.10 Å². The first-order valence-corrected chi connectivity index (χ1v) is 12.9. The second-order valence-corrected chi connectivity index (χ2v) is 11.2.